The zero-order chi connectivity index (χ0) is 16.5. The van der Waals surface area contributed by atoms with Gasteiger partial charge < -0.3 is 10.6 Å². The molecule has 124 valence electrons. The van der Waals surface area contributed by atoms with Gasteiger partial charge in [0.1, 0.15) is 0 Å². The minimum atomic E-state index is 0.406. The van der Waals surface area contributed by atoms with Crippen LogP contribution >= 0.6 is 0 Å². The van der Waals surface area contributed by atoms with Gasteiger partial charge in [-0.3, -0.25) is 0 Å². The molecule has 1 aromatic carbocycles. The summed E-state index contributed by atoms with van der Waals surface area (Å²) in [5, 5.41) is 15.2. The fourth-order valence-electron chi connectivity index (χ4n) is 3.21. The number of aromatic nitrogens is 5. The average Bonchev–Trinajstić information content (AvgIpc) is 3.22. The van der Waals surface area contributed by atoms with E-state index in [1.54, 1.807) is 10.9 Å². The van der Waals surface area contributed by atoms with Crippen LogP contribution in [-0.2, 0) is 0 Å². The Morgan fingerprint density at radius 2 is 1.92 bits per heavy atom. The molecule has 0 saturated heterocycles. The van der Waals surface area contributed by atoms with Crippen LogP contribution in [0.15, 0.2) is 30.5 Å². The highest BCUT2D eigenvalue weighted by molar-refractivity contribution is 5.71. The third-order valence-electron chi connectivity index (χ3n) is 4.65. The van der Waals surface area contributed by atoms with Crippen molar-refractivity contribution in [2.45, 2.75) is 38.3 Å². The molecule has 4 rings (SSSR count). The van der Waals surface area contributed by atoms with Crippen LogP contribution in [0.1, 0.15) is 24.8 Å². The molecule has 1 aliphatic carbocycles. The number of nitrogens with zero attached hydrogens (tertiary/aromatic N) is 5. The van der Waals surface area contributed by atoms with E-state index < -0.39 is 0 Å². The van der Waals surface area contributed by atoms with Gasteiger partial charge in [-0.15, -0.1) is 5.10 Å². The van der Waals surface area contributed by atoms with Gasteiger partial charge in [-0.2, -0.15) is 9.67 Å². The van der Waals surface area contributed by atoms with E-state index in [1.807, 2.05) is 19.2 Å². The summed E-state index contributed by atoms with van der Waals surface area (Å²) >= 11 is 0. The molecule has 3 aromatic rings. The maximum Gasteiger partial charge on any atom is 0.225 e. The van der Waals surface area contributed by atoms with Gasteiger partial charge in [0, 0.05) is 12.1 Å². The zero-order valence-corrected chi connectivity index (χ0v) is 13.9. The first-order valence-electron chi connectivity index (χ1n) is 8.32. The van der Waals surface area contributed by atoms with Gasteiger partial charge in [-0.05, 0) is 45.4 Å². The Balaban J connectivity index is 1.62. The van der Waals surface area contributed by atoms with Crippen molar-refractivity contribution in [2.24, 2.45) is 0 Å². The number of anilines is 1. The van der Waals surface area contributed by atoms with E-state index in [0.717, 1.165) is 24.2 Å². The zero-order valence-electron chi connectivity index (χ0n) is 13.9. The number of hydrogen-bond acceptors (Lipinski definition) is 6. The van der Waals surface area contributed by atoms with Crippen LogP contribution in [0.2, 0.25) is 0 Å². The lowest BCUT2D eigenvalue weighted by atomic mass is 10.2. The molecule has 1 aliphatic rings. The van der Waals surface area contributed by atoms with Gasteiger partial charge in [0.2, 0.25) is 5.95 Å². The molecule has 1 saturated carbocycles. The Morgan fingerprint density at radius 3 is 2.67 bits per heavy atom. The first-order valence-corrected chi connectivity index (χ1v) is 8.32. The van der Waals surface area contributed by atoms with Crippen LogP contribution in [0.5, 0.6) is 0 Å². The van der Waals surface area contributed by atoms with E-state index in [2.05, 4.69) is 50.0 Å². The van der Waals surface area contributed by atoms with E-state index in [4.69, 9.17) is 0 Å². The maximum absolute atomic E-state index is 4.64. The van der Waals surface area contributed by atoms with Crippen LogP contribution in [0, 0.1) is 6.92 Å². The second-order valence-electron chi connectivity index (χ2n) is 6.38. The standard InChI is InChI=1S/C17H21N7/c1-11-3-7-14(8-4-11)24-16-15(22-23-24)10-19-17(21-16)20-13-6-5-12(9-13)18-2/h3-4,7-8,10,12-13,18H,5-6,9H2,1-2H3,(H,19,20,21). The second-order valence-corrected chi connectivity index (χ2v) is 6.38. The fourth-order valence-corrected chi connectivity index (χ4v) is 3.21. The monoisotopic (exact) mass is 323 g/mol. The van der Waals surface area contributed by atoms with Crippen LogP contribution in [0.3, 0.4) is 0 Å². The van der Waals surface area contributed by atoms with Gasteiger partial charge in [0.15, 0.2) is 11.2 Å². The summed E-state index contributed by atoms with van der Waals surface area (Å²) in [5.74, 6) is 0.639. The third kappa shape index (κ3) is 2.82. The molecule has 2 heterocycles. The number of hydrogen-bond donors (Lipinski definition) is 2. The molecule has 2 unspecified atom stereocenters. The second kappa shape index (κ2) is 6.16. The van der Waals surface area contributed by atoms with Gasteiger partial charge in [-0.1, -0.05) is 22.9 Å². The Morgan fingerprint density at radius 1 is 1.12 bits per heavy atom. The number of aryl methyl sites for hydroxylation is 1. The highest BCUT2D eigenvalue weighted by Gasteiger charge is 2.24. The Hall–Kier alpha value is -2.54. The molecule has 7 heteroatoms. The minimum absolute atomic E-state index is 0.406. The van der Waals surface area contributed by atoms with Crippen LogP contribution in [-0.4, -0.2) is 44.1 Å². The van der Waals surface area contributed by atoms with E-state index in [-0.39, 0.29) is 0 Å². The predicted octanol–water partition coefficient (Wildman–Crippen LogP) is 2.07. The van der Waals surface area contributed by atoms with Gasteiger partial charge in [0.05, 0.1) is 11.9 Å². The van der Waals surface area contributed by atoms with Crippen molar-refractivity contribution in [3.63, 3.8) is 0 Å². The SMILES string of the molecule is CNC1CCC(Nc2ncc3nnn(-c4ccc(C)cc4)c3n2)C1. The number of fused-ring (bicyclic) bond motifs is 1. The molecule has 2 N–H and O–H groups in total. The number of rotatable bonds is 4. The summed E-state index contributed by atoms with van der Waals surface area (Å²) in [7, 11) is 2.02. The number of nitrogens with one attached hydrogen (secondary N) is 2. The van der Waals surface area contributed by atoms with Crippen molar-refractivity contribution in [1.29, 1.82) is 0 Å². The van der Waals surface area contributed by atoms with Gasteiger partial charge in [-0.25, -0.2) is 4.98 Å². The normalized spacial score (nSPS) is 20.6. The average molecular weight is 323 g/mol. The molecule has 0 radical (unpaired) electrons. The molecule has 2 atom stereocenters. The largest absolute Gasteiger partial charge is 0.351 e. The molecule has 7 nitrogen and oxygen atoms in total. The highest BCUT2D eigenvalue weighted by Crippen LogP contribution is 2.22. The quantitative estimate of drug-likeness (QED) is 0.765. The molecular formula is C17H21N7. The lowest BCUT2D eigenvalue weighted by molar-refractivity contribution is 0.575. The molecule has 24 heavy (non-hydrogen) atoms. The molecule has 2 aromatic heterocycles. The first-order chi connectivity index (χ1) is 11.7. The van der Waals surface area contributed by atoms with Crippen LogP contribution in [0.4, 0.5) is 5.95 Å². The topological polar surface area (TPSA) is 80.5 Å². The molecule has 0 amide bonds. The van der Waals surface area contributed by atoms with E-state index in [1.165, 1.54) is 12.0 Å². The number of benzene rings is 1. The van der Waals surface area contributed by atoms with Gasteiger partial charge >= 0.3 is 0 Å². The summed E-state index contributed by atoms with van der Waals surface area (Å²) in [5.41, 5.74) is 3.57. The summed E-state index contributed by atoms with van der Waals surface area (Å²) in [6.45, 7) is 2.06. The molecule has 1 fully saturated rings. The molecule has 0 spiro atoms. The summed E-state index contributed by atoms with van der Waals surface area (Å²) in [6, 6.07) is 9.13. The Labute approximate surface area is 140 Å². The highest BCUT2D eigenvalue weighted by atomic mass is 15.4. The Kier molecular flexibility index (Phi) is 3.86. The van der Waals surface area contributed by atoms with E-state index in [9.17, 15) is 0 Å². The van der Waals surface area contributed by atoms with E-state index >= 15 is 0 Å². The fraction of sp³-hybridized carbons (Fsp3) is 0.412. The van der Waals surface area contributed by atoms with Crippen molar-refractivity contribution in [1.82, 2.24) is 30.3 Å². The lowest BCUT2D eigenvalue weighted by Crippen LogP contribution is -2.24. The maximum atomic E-state index is 4.64. The summed E-state index contributed by atoms with van der Waals surface area (Å²) < 4.78 is 1.76. The summed E-state index contributed by atoms with van der Waals surface area (Å²) in [6.07, 6.45) is 5.13. The molecule has 0 aliphatic heterocycles. The van der Waals surface area contributed by atoms with Crippen molar-refractivity contribution in [3.8, 4) is 5.69 Å². The van der Waals surface area contributed by atoms with Crippen molar-refractivity contribution in [2.75, 3.05) is 12.4 Å². The minimum Gasteiger partial charge on any atom is -0.351 e. The Bertz CT molecular complexity index is 840. The third-order valence-corrected chi connectivity index (χ3v) is 4.65. The van der Waals surface area contributed by atoms with Crippen molar-refractivity contribution < 1.29 is 0 Å². The smallest absolute Gasteiger partial charge is 0.225 e. The lowest BCUT2D eigenvalue weighted by Gasteiger charge is -2.13. The summed E-state index contributed by atoms with van der Waals surface area (Å²) in [4.78, 5) is 9.03. The first kappa shape index (κ1) is 15.0. The van der Waals surface area contributed by atoms with Crippen molar-refractivity contribution in [3.05, 3.63) is 36.0 Å². The molecular weight excluding hydrogens is 302 g/mol. The van der Waals surface area contributed by atoms with E-state index in [0.29, 0.717) is 23.5 Å². The van der Waals surface area contributed by atoms with Gasteiger partial charge in [0.25, 0.3) is 0 Å². The predicted molar refractivity (Wildman–Crippen MR) is 93.3 cm³/mol. The van der Waals surface area contributed by atoms with Crippen molar-refractivity contribution >= 4 is 17.1 Å². The molecule has 0 bridgehead atoms. The van der Waals surface area contributed by atoms with Crippen LogP contribution < -0.4 is 10.6 Å². The van der Waals surface area contributed by atoms with Crippen LogP contribution in [0.25, 0.3) is 16.9 Å².